The number of amides is 2. The van der Waals surface area contributed by atoms with E-state index in [0.29, 0.717) is 0 Å². The van der Waals surface area contributed by atoms with Crippen molar-refractivity contribution < 1.29 is 43.3 Å². The molecule has 0 saturated carbocycles. The maximum Gasteiger partial charge on any atom is 0.407 e. The van der Waals surface area contributed by atoms with Crippen LogP contribution in [0.3, 0.4) is 0 Å². The van der Waals surface area contributed by atoms with Gasteiger partial charge in [-0.15, -0.1) is 0 Å². The monoisotopic (exact) mass is 814 g/mol. The molecule has 314 valence electrons. The van der Waals surface area contributed by atoms with Crippen molar-refractivity contribution >= 4 is 36.0 Å². The van der Waals surface area contributed by atoms with Gasteiger partial charge in [0.1, 0.15) is 18.8 Å². The molecule has 0 radical (unpaired) electrons. The zero-order chi connectivity index (χ0) is 43.0. The summed E-state index contributed by atoms with van der Waals surface area (Å²) in [6.45, 7) is 7.13. The number of aliphatic carboxylic acids is 1. The molecule has 0 saturated heterocycles. The van der Waals surface area contributed by atoms with Gasteiger partial charge in [0.05, 0.1) is 5.92 Å². The lowest BCUT2D eigenvalue weighted by Crippen LogP contribution is -2.49. The van der Waals surface area contributed by atoms with E-state index in [1.807, 2.05) is 130 Å². The van der Waals surface area contributed by atoms with Gasteiger partial charge in [0.2, 0.25) is 5.91 Å². The quantitative estimate of drug-likeness (QED) is 0.0455. The molecule has 11 heteroatoms. The molecular formula is C49H54N2O9. The maximum atomic E-state index is 13.7. The third kappa shape index (κ3) is 13.0. The molecule has 0 spiro atoms. The summed E-state index contributed by atoms with van der Waals surface area (Å²) in [7, 11) is 0. The number of carboxylic acid groups (broad SMARTS) is 1. The Morgan fingerprint density at radius 3 is 1.97 bits per heavy atom. The van der Waals surface area contributed by atoms with Gasteiger partial charge in [-0.25, -0.2) is 14.4 Å². The van der Waals surface area contributed by atoms with Gasteiger partial charge in [-0.2, -0.15) is 0 Å². The molecule has 0 unspecified atom stereocenters. The molecule has 5 atom stereocenters. The summed E-state index contributed by atoms with van der Waals surface area (Å²) < 4.78 is 17.4. The van der Waals surface area contributed by atoms with Gasteiger partial charge < -0.3 is 30.0 Å². The Bertz CT molecular complexity index is 2090. The Balaban J connectivity index is 1.20. The second-order valence-corrected chi connectivity index (χ2v) is 15.5. The normalized spacial score (nSPS) is 14.7. The lowest BCUT2D eigenvalue weighted by atomic mass is 9.98. The Hall–Kier alpha value is -6.49. The first-order valence-electron chi connectivity index (χ1n) is 20.4. The van der Waals surface area contributed by atoms with Crippen molar-refractivity contribution in [1.29, 1.82) is 0 Å². The van der Waals surface area contributed by atoms with Gasteiger partial charge in [-0.1, -0.05) is 155 Å². The number of hydrogen-bond acceptors (Lipinski definition) is 8. The number of fused-ring (bicyclic) bond motifs is 3. The molecule has 0 heterocycles. The molecule has 1 aliphatic rings. The number of carbonyl (C=O) groups is 5. The molecule has 2 amide bonds. The van der Waals surface area contributed by atoms with Crippen molar-refractivity contribution in [2.45, 2.75) is 71.1 Å². The van der Waals surface area contributed by atoms with Gasteiger partial charge in [0, 0.05) is 37.3 Å². The van der Waals surface area contributed by atoms with E-state index < -0.39 is 54.1 Å². The number of carboxylic acids is 1. The molecule has 4 aromatic carbocycles. The van der Waals surface area contributed by atoms with Crippen molar-refractivity contribution in [2.24, 2.45) is 17.8 Å². The summed E-state index contributed by atoms with van der Waals surface area (Å²) in [6, 6.07) is 33.8. The molecule has 5 rings (SSSR count). The molecule has 60 heavy (non-hydrogen) atoms. The Morgan fingerprint density at radius 2 is 1.35 bits per heavy atom. The van der Waals surface area contributed by atoms with Gasteiger partial charge in [-0.3, -0.25) is 9.59 Å². The van der Waals surface area contributed by atoms with Crippen LogP contribution >= 0.6 is 0 Å². The van der Waals surface area contributed by atoms with E-state index in [0.717, 1.165) is 39.5 Å². The van der Waals surface area contributed by atoms with Crippen LogP contribution in [0.1, 0.15) is 68.7 Å². The number of nitrogens with one attached hydrogen (secondary N) is 2. The average molecular weight is 815 g/mol. The van der Waals surface area contributed by atoms with Gasteiger partial charge in [0.15, 0.2) is 6.10 Å². The Labute approximate surface area is 351 Å². The molecule has 0 aromatic heterocycles. The van der Waals surface area contributed by atoms with E-state index >= 15 is 0 Å². The fourth-order valence-corrected chi connectivity index (χ4v) is 7.03. The SMILES string of the molecule is CC(C)C[C@H](OC(=O)[C@H](C)CNC(=O)[C@@H](Cc1ccccc1)NC(=O)OCC1c2ccccc2-c2ccccc21)C(=O)O[C@@H](C/C=C/C(=O)O)[C@H](C)/C=C/c1ccccc1. The van der Waals surface area contributed by atoms with Crippen LogP contribution < -0.4 is 10.6 Å². The van der Waals surface area contributed by atoms with Crippen molar-refractivity contribution in [3.8, 4) is 11.1 Å². The fraction of sp³-hybridized carbons (Fsp3) is 0.327. The van der Waals surface area contributed by atoms with Crippen LogP contribution in [-0.2, 0) is 39.8 Å². The van der Waals surface area contributed by atoms with Crippen LogP contribution in [0.5, 0.6) is 0 Å². The minimum Gasteiger partial charge on any atom is -0.478 e. The highest BCUT2D eigenvalue weighted by atomic mass is 16.6. The first kappa shape index (κ1) is 44.6. The molecule has 0 fully saturated rings. The summed E-state index contributed by atoms with van der Waals surface area (Å²) >= 11 is 0. The lowest BCUT2D eigenvalue weighted by molar-refractivity contribution is -0.175. The third-order valence-electron chi connectivity index (χ3n) is 10.3. The number of esters is 2. The summed E-state index contributed by atoms with van der Waals surface area (Å²) in [5.41, 5.74) is 6.07. The molecule has 4 aromatic rings. The van der Waals surface area contributed by atoms with Crippen molar-refractivity contribution in [3.63, 3.8) is 0 Å². The minimum absolute atomic E-state index is 0.0474. The number of alkyl carbamates (subject to hydrolysis) is 1. The number of ether oxygens (including phenoxy) is 3. The topological polar surface area (TPSA) is 157 Å². The van der Waals surface area contributed by atoms with Gasteiger partial charge in [-0.05, 0) is 45.7 Å². The number of hydrogen-bond donors (Lipinski definition) is 3. The Kier molecular flexibility index (Phi) is 16.4. The van der Waals surface area contributed by atoms with E-state index in [4.69, 9.17) is 19.3 Å². The molecule has 0 bridgehead atoms. The summed E-state index contributed by atoms with van der Waals surface area (Å²) in [6.07, 6.45) is 3.92. The molecule has 11 nitrogen and oxygen atoms in total. The summed E-state index contributed by atoms with van der Waals surface area (Å²) in [4.78, 5) is 65.2. The number of benzene rings is 4. The summed E-state index contributed by atoms with van der Waals surface area (Å²) in [5.74, 6) is -4.52. The van der Waals surface area contributed by atoms with Crippen LogP contribution in [0.4, 0.5) is 4.79 Å². The van der Waals surface area contributed by atoms with E-state index in [9.17, 15) is 24.0 Å². The van der Waals surface area contributed by atoms with Crippen LogP contribution in [0.2, 0.25) is 0 Å². The van der Waals surface area contributed by atoms with Gasteiger partial charge >= 0.3 is 24.0 Å². The van der Waals surface area contributed by atoms with Crippen LogP contribution in [0.15, 0.2) is 127 Å². The first-order valence-corrected chi connectivity index (χ1v) is 20.4. The smallest absolute Gasteiger partial charge is 0.407 e. The fourth-order valence-electron chi connectivity index (χ4n) is 7.03. The van der Waals surface area contributed by atoms with E-state index in [1.54, 1.807) is 6.92 Å². The number of carbonyl (C=O) groups excluding carboxylic acids is 4. The van der Waals surface area contributed by atoms with Crippen LogP contribution in [0, 0.1) is 17.8 Å². The molecule has 1 aliphatic carbocycles. The van der Waals surface area contributed by atoms with E-state index in [-0.39, 0.29) is 50.2 Å². The molecule has 3 N–H and O–H groups in total. The highest BCUT2D eigenvalue weighted by Crippen LogP contribution is 2.44. The highest BCUT2D eigenvalue weighted by molar-refractivity contribution is 5.87. The zero-order valence-corrected chi connectivity index (χ0v) is 34.5. The predicted molar refractivity (Wildman–Crippen MR) is 230 cm³/mol. The summed E-state index contributed by atoms with van der Waals surface area (Å²) in [5, 5.41) is 14.7. The highest BCUT2D eigenvalue weighted by Gasteiger charge is 2.33. The lowest BCUT2D eigenvalue weighted by Gasteiger charge is -2.26. The standard InChI is InChI=1S/C49H54N2O9/c1-32(2)28-44(48(56)59-43(24-15-25-45(52)53)33(3)26-27-35-16-7-5-8-17-35)60-47(55)34(4)30-50-46(54)42(29-36-18-9-6-10-19-36)51-49(57)58-31-41-39-22-13-11-20-37(39)38-21-12-14-23-40(38)41/h5-23,25-27,32-34,41-44H,24,28-31H2,1-4H3,(H,50,54)(H,51,57)(H,52,53)/b25-15+,27-26+/t33-,34-,42-,43+,44+/m1/s1. The van der Waals surface area contributed by atoms with Crippen molar-refractivity contribution in [3.05, 3.63) is 150 Å². The zero-order valence-electron chi connectivity index (χ0n) is 34.5. The Morgan fingerprint density at radius 1 is 0.750 bits per heavy atom. The number of rotatable bonds is 20. The van der Waals surface area contributed by atoms with Gasteiger partial charge in [0.25, 0.3) is 0 Å². The second-order valence-electron chi connectivity index (χ2n) is 15.5. The average Bonchev–Trinajstić information content (AvgIpc) is 3.56. The largest absolute Gasteiger partial charge is 0.478 e. The molecular weight excluding hydrogens is 761 g/mol. The van der Waals surface area contributed by atoms with Crippen molar-refractivity contribution in [2.75, 3.05) is 13.2 Å². The minimum atomic E-state index is -1.24. The first-order chi connectivity index (χ1) is 28.9. The predicted octanol–water partition coefficient (Wildman–Crippen LogP) is 8.14. The second kappa shape index (κ2) is 22.0. The van der Waals surface area contributed by atoms with E-state index in [1.165, 1.54) is 6.08 Å². The van der Waals surface area contributed by atoms with E-state index in [2.05, 4.69) is 22.8 Å². The molecule has 0 aliphatic heterocycles. The van der Waals surface area contributed by atoms with Crippen LogP contribution in [-0.4, -0.2) is 66.4 Å². The van der Waals surface area contributed by atoms with Crippen molar-refractivity contribution in [1.82, 2.24) is 10.6 Å². The van der Waals surface area contributed by atoms with Crippen LogP contribution in [0.25, 0.3) is 17.2 Å². The maximum absolute atomic E-state index is 13.7. The third-order valence-corrected chi connectivity index (χ3v) is 10.3.